The van der Waals surface area contributed by atoms with E-state index in [1.807, 2.05) is 5.32 Å². The number of nitrogens with one attached hydrogen (secondary N) is 3. The van der Waals surface area contributed by atoms with E-state index in [4.69, 9.17) is 0 Å². The van der Waals surface area contributed by atoms with Gasteiger partial charge in [0, 0.05) is 19.6 Å². The maximum atomic E-state index is 13.1. The summed E-state index contributed by atoms with van der Waals surface area (Å²) in [5, 5.41) is 6.47. The first-order valence-corrected chi connectivity index (χ1v) is 11.6. The Kier molecular flexibility index (Phi) is 9.74. The molecule has 1 aromatic carbocycles. The third-order valence-corrected chi connectivity index (χ3v) is 6.32. The van der Waals surface area contributed by atoms with E-state index in [2.05, 4.69) is 10.6 Å². The third kappa shape index (κ3) is 5.93. The molecule has 2 atom stereocenters. The number of amides is 7. The van der Waals surface area contributed by atoms with Gasteiger partial charge in [0.2, 0.25) is 18.0 Å². The van der Waals surface area contributed by atoms with Gasteiger partial charge in [0.05, 0.1) is 6.54 Å². The molecule has 2 heterocycles. The molecule has 2 fully saturated rings. The Labute approximate surface area is 248 Å². The number of hydrogen-bond acceptors (Lipinski definition) is 9. The van der Waals surface area contributed by atoms with Crippen molar-refractivity contribution in [1.82, 2.24) is 30.1 Å². The summed E-state index contributed by atoms with van der Waals surface area (Å²) in [5.74, 6) is -4.45. The first kappa shape index (κ1) is 29.8. The summed E-state index contributed by atoms with van der Waals surface area (Å²) in [6, 6.07) is 4.99. The number of imide groups is 1. The number of rotatable bonds is 8. The minimum Gasteiger partial charge on any atom is -0.731 e. The van der Waals surface area contributed by atoms with Gasteiger partial charge in [-0.15, -0.1) is 0 Å². The zero-order chi connectivity index (χ0) is 26.0. The zero-order valence-corrected chi connectivity index (χ0v) is 23.2. The van der Waals surface area contributed by atoms with E-state index in [9.17, 15) is 41.7 Å². The van der Waals surface area contributed by atoms with Gasteiger partial charge in [-0.25, -0.2) is 17.5 Å². The van der Waals surface area contributed by atoms with E-state index in [1.165, 1.54) is 29.2 Å². The van der Waals surface area contributed by atoms with Gasteiger partial charge >= 0.3 is 69.2 Å². The van der Waals surface area contributed by atoms with Crippen LogP contribution in [-0.2, 0) is 34.3 Å². The van der Waals surface area contributed by atoms with Crippen LogP contribution in [0.15, 0.2) is 30.3 Å². The van der Waals surface area contributed by atoms with Gasteiger partial charge in [-0.1, -0.05) is 30.3 Å². The van der Waals surface area contributed by atoms with Crippen LogP contribution in [0.1, 0.15) is 18.5 Å². The van der Waals surface area contributed by atoms with Crippen molar-refractivity contribution in [2.45, 2.75) is 18.6 Å². The Morgan fingerprint density at radius 2 is 1.78 bits per heavy atom. The number of carbonyl (C=O) groups is 6. The molecule has 0 spiro atoms. The van der Waals surface area contributed by atoms with Crippen LogP contribution in [0.2, 0.25) is 0 Å². The number of hydrogen-bond donors (Lipinski definition) is 3. The van der Waals surface area contributed by atoms with Crippen LogP contribution in [0, 0.1) is 0 Å². The molecule has 2 aliphatic rings. The minimum absolute atomic E-state index is 0. The fourth-order valence-electron chi connectivity index (χ4n) is 3.59. The van der Waals surface area contributed by atoms with Crippen molar-refractivity contribution in [3.8, 4) is 0 Å². The minimum atomic E-state index is -5.19. The molecule has 2 saturated heterocycles. The molecule has 17 heteroatoms. The van der Waals surface area contributed by atoms with Crippen molar-refractivity contribution in [2.24, 2.45) is 0 Å². The predicted molar refractivity (Wildman–Crippen MR) is 113 cm³/mol. The Balaban J connectivity index is 0.00000456. The molecular weight excluding hydrogens is 527 g/mol. The van der Waals surface area contributed by atoms with Crippen LogP contribution in [0.3, 0.4) is 0 Å². The molecule has 7 amide bonds. The van der Waals surface area contributed by atoms with Crippen LogP contribution in [0.5, 0.6) is 0 Å². The van der Waals surface area contributed by atoms with Crippen LogP contribution < -0.4 is 67.3 Å². The van der Waals surface area contributed by atoms with Crippen LogP contribution in [-0.4, -0.2) is 95.0 Å². The second-order valence-corrected chi connectivity index (χ2v) is 8.86. The molecule has 3 rings (SSSR count). The van der Waals surface area contributed by atoms with Gasteiger partial charge in [-0.05, 0) is 12.5 Å². The molecule has 188 valence electrons. The van der Waals surface area contributed by atoms with Gasteiger partial charge in [0.15, 0.2) is 10.3 Å². The predicted octanol–water partition coefficient (Wildman–Crippen LogP) is -6.01. The Hall–Kier alpha value is -2.41. The number of piperazine rings is 1. The van der Waals surface area contributed by atoms with Crippen molar-refractivity contribution < 1.29 is 93.1 Å². The van der Waals surface area contributed by atoms with Crippen molar-refractivity contribution >= 4 is 46.4 Å². The number of benzene rings is 1. The van der Waals surface area contributed by atoms with Crippen molar-refractivity contribution in [3.05, 3.63) is 35.9 Å². The van der Waals surface area contributed by atoms with Gasteiger partial charge < -0.3 is 25.4 Å². The van der Waals surface area contributed by atoms with Gasteiger partial charge in [-0.2, -0.15) is 0 Å². The van der Waals surface area contributed by atoms with E-state index in [-0.39, 0.29) is 87.3 Å². The van der Waals surface area contributed by atoms with E-state index in [0.717, 1.165) is 0 Å². The van der Waals surface area contributed by atoms with E-state index < -0.39 is 58.2 Å². The number of carbonyl (C=O) groups excluding carboxylic acids is 6. The molecule has 2 aliphatic heterocycles. The molecule has 0 bridgehead atoms. The Morgan fingerprint density at radius 1 is 1.14 bits per heavy atom. The average Bonchev–Trinajstić information content (AvgIpc) is 2.81. The van der Waals surface area contributed by atoms with Gasteiger partial charge in [0.1, 0.15) is 6.04 Å². The van der Waals surface area contributed by atoms with Crippen LogP contribution >= 0.6 is 0 Å². The molecule has 1 aromatic rings. The molecule has 3 N–H and O–H groups in total. The summed E-state index contributed by atoms with van der Waals surface area (Å²) in [4.78, 5) is 75.7. The fraction of sp³-hybridized carbons (Fsp3) is 0.368. The molecule has 0 aliphatic carbocycles. The number of likely N-dealkylation sites (N-methyl/N-ethyl adjacent to an activating group) is 1. The van der Waals surface area contributed by atoms with Crippen molar-refractivity contribution in [3.63, 3.8) is 0 Å². The van der Waals surface area contributed by atoms with E-state index in [0.29, 0.717) is 4.90 Å². The fourth-order valence-corrected chi connectivity index (χ4v) is 4.30. The third-order valence-electron chi connectivity index (χ3n) is 5.48. The van der Waals surface area contributed by atoms with E-state index >= 15 is 0 Å². The Morgan fingerprint density at radius 3 is 2.31 bits per heavy atom. The summed E-state index contributed by atoms with van der Waals surface area (Å²) >= 11 is 0. The molecule has 0 saturated carbocycles. The SMILES string of the molecule is CCN1CCN(C(=O)NC(C(=O)NC2(NC=O)CN(S(=O)(=O)[O-])C2=O)c2ccccc2)C(=O)C1=O.[K+]. The quantitative estimate of drug-likeness (QED) is 0.0705. The first-order valence-electron chi connectivity index (χ1n) is 10.2. The maximum Gasteiger partial charge on any atom is 1.00 e. The number of β-lactam (4-membered cyclic amide) rings is 1. The molecule has 15 nitrogen and oxygen atoms in total. The molecule has 36 heavy (non-hydrogen) atoms. The summed E-state index contributed by atoms with van der Waals surface area (Å²) in [7, 11) is -5.19. The zero-order valence-electron chi connectivity index (χ0n) is 19.3. The van der Waals surface area contributed by atoms with Crippen LogP contribution in [0.25, 0.3) is 0 Å². The normalized spacial score (nSPS) is 20.6. The first-order chi connectivity index (χ1) is 16.4. The largest absolute Gasteiger partial charge is 1.00 e. The molecular formula is C19H21KN6O9S. The second-order valence-electron chi connectivity index (χ2n) is 7.56. The van der Waals surface area contributed by atoms with Crippen molar-refractivity contribution in [1.29, 1.82) is 0 Å². The van der Waals surface area contributed by atoms with Gasteiger partial charge in [-0.3, -0.25) is 28.9 Å². The van der Waals surface area contributed by atoms with Gasteiger partial charge in [0.25, 0.3) is 5.91 Å². The molecule has 0 aromatic heterocycles. The topological polar surface area (TPSA) is 205 Å². The summed E-state index contributed by atoms with van der Waals surface area (Å²) in [6.45, 7) is 1.03. The van der Waals surface area contributed by atoms with Crippen LogP contribution in [0.4, 0.5) is 4.79 Å². The molecule has 2 unspecified atom stereocenters. The smallest absolute Gasteiger partial charge is 0.731 e. The monoisotopic (exact) mass is 548 g/mol. The number of urea groups is 1. The number of nitrogens with zero attached hydrogens (tertiary/aromatic N) is 3. The molecule has 0 radical (unpaired) electrons. The van der Waals surface area contributed by atoms with Crippen molar-refractivity contribution in [2.75, 3.05) is 26.2 Å². The maximum absolute atomic E-state index is 13.1. The van der Waals surface area contributed by atoms with E-state index in [1.54, 1.807) is 13.0 Å². The summed E-state index contributed by atoms with van der Waals surface area (Å²) in [6.07, 6.45) is 0.0283. The summed E-state index contributed by atoms with van der Waals surface area (Å²) < 4.78 is 33.4. The average molecular weight is 549 g/mol. The summed E-state index contributed by atoms with van der Waals surface area (Å²) in [5.41, 5.74) is -2.04. The standard InChI is InChI=1S/C19H22N6O9S.K/c1-2-23-8-9-24(16(29)15(23)28)18(31)21-13(12-6-4-3-5-7-12)14(27)22-19(20-11-26)10-25(17(19)30)35(32,33)34;/h3-7,11,13H,2,8-10H2,1H3,(H,20,26)(H,21,31)(H,22,27)(H,32,33,34);/q;+1/p-1. The second kappa shape index (κ2) is 11.8. The Bertz CT molecular complexity index is 1180.